The van der Waals surface area contributed by atoms with Crippen molar-refractivity contribution < 1.29 is 9.21 Å². The van der Waals surface area contributed by atoms with Gasteiger partial charge < -0.3 is 14.3 Å². The van der Waals surface area contributed by atoms with Crippen LogP contribution in [0.3, 0.4) is 0 Å². The standard InChI is InChI=1S/C16H19N3O4/c20-14-12(8-17-16(22)18-14)9-19(13-4-2-1-3-5-13)15(21)11-6-7-23-10-11/h6-8,10,13H,1-5,9H2,(H2,17,18,20,22). The highest BCUT2D eigenvalue weighted by Gasteiger charge is 2.27. The largest absolute Gasteiger partial charge is 0.472 e. The Morgan fingerprint density at radius 1 is 1.26 bits per heavy atom. The van der Waals surface area contributed by atoms with E-state index in [2.05, 4.69) is 9.97 Å². The van der Waals surface area contributed by atoms with Crippen LogP contribution in [0, 0.1) is 0 Å². The summed E-state index contributed by atoms with van der Waals surface area (Å²) in [6.45, 7) is 0.167. The zero-order valence-corrected chi connectivity index (χ0v) is 12.7. The number of carbonyl (C=O) groups excluding carboxylic acids is 1. The van der Waals surface area contributed by atoms with Crippen LogP contribution >= 0.6 is 0 Å². The van der Waals surface area contributed by atoms with Gasteiger partial charge in [-0.15, -0.1) is 0 Å². The van der Waals surface area contributed by atoms with Gasteiger partial charge in [-0.1, -0.05) is 19.3 Å². The number of nitrogens with one attached hydrogen (secondary N) is 2. The van der Waals surface area contributed by atoms with Crippen LogP contribution in [0.1, 0.15) is 48.0 Å². The molecule has 3 rings (SSSR count). The Kier molecular flexibility index (Phi) is 4.45. The summed E-state index contributed by atoms with van der Waals surface area (Å²) in [4.78, 5) is 42.2. The van der Waals surface area contributed by atoms with Gasteiger partial charge in [0.05, 0.1) is 23.9 Å². The fraction of sp³-hybridized carbons (Fsp3) is 0.438. The molecule has 2 aromatic heterocycles. The summed E-state index contributed by atoms with van der Waals surface area (Å²) in [6.07, 6.45) is 9.40. The van der Waals surface area contributed by atoms with Crippen molar-refractivity contribution in [1.82, 2.24) is 14.9 Å². The molecular weight excluding hydrogens is 298 g/mol. The quantitative estimate of drug-likeness (QED) is 0.895. The minimum absolute atomic E-state index is 0.0949. The molecule has 1 aliphatic rings. The number of nitrogens with zero attached hydrogens (tertiary/aromatic N) is 1. The number of furan rings is 1. The summed E-state index contributed by atoms with van der Waals surface area (Å²) >= 11 is 0. The van der Waals surface area contributed by atoms with Crippen molar-refractivity contribution in [3.05, 3.63) is 56.8 Å². The van der Waals surface area contributed by atoms with Gasteiger partial charge >= 0.3 is 5.69 Å². The van der Waals surface area contributed by atoms with E-state index >= 15 is 0 Å². The van der Waals surface area contributed by atoms with Gasteiger partial charge in [-0.05, 0) is 18.9 Å². The second kappa shape index (κ2) is 6.68. The summed E-state index contributed by atoms with van der Waals surface area (Å²) in [7, 11) is 0. The summed E-state index contributed by atoms with van der Waals surface area (Å²) in [6, 6.07) is 1.72. The zero-order chi connectivity index (χ0) is 16.2. The van der Waals surface area contributed by atoms with Gasteiger partial charge in [0.25, 0.3) is 11.5 Å². The molecule has 23 heavy (non-hydrogen) atoms. The number of amides is 1. The van der Waals surface area contributed by atoms with E-state index in [1.807, 2.05) is 0 Å². The first-order chi connectivity index (χ1) is 11.1. The van der Waals surface area contributed by atoms with Gasteiger partial charge in [-0.3, -0.25) is 14.6 Å². The van der Waals surface area contributed by atoms with Gasteiger partial charge in [0, 0.05) is 12.2 Å². The molecule has 0 radical (unpaired) electrons. The van der Waals surface area contributed by atoms with E-state index in [0.29, 0.717) is 11.1 Å². The summed E-state index contributed by atoms with van der Waals surface area (Å²) in [5.74, 6) is -0.156. The van der Waals surface area contributed by atoms with Crippen LogP contribution in [-0.2, 0) is 6.54 Å². The van der Waals surface area contributed by atoms with Gasteiger partial charge in [0.15, 0.2) is 0 Å². The van der Waals surface area contributed by atoms with E-state index in [0.717, 1.165) is 25.7 Å². The first kappa shape index (κ1) is 15.3. The monoisotopic (exact) mass is 317 g/mol. The molecule has 2 N–H and O–H groups in total. The van der Waals surface area contributed by atoms with Crippen molar-refractivity contribution in [3.63, 3.8) is 0 Å². The second-order valence-corrected chi connectivity index (χ2v) is 5.83. The Labute approximate surface area is 132 Å². The van der Waals surface area contributed by atoms with E-state index < -0.39 is 11.2 Å². The predicted octanol–water partition coefficient (Wildman–Crippen LogP) is 1.63. The molecule has 0 unspecified atom stereocenters. The highest BCUT2D eigenvalue weighted by Crippen LogP contribution is 2.25. The Morgan fingerprint density at radius 2 is 2.04 bits per heavy atom. The lowest BCUT2D eigenvalue weighted by molar-refractivity contribution is 0.0612. The van der Waals surface area contributed by atoms with Crippen molar-refractivity contribution in [2.24, 2.45) is 0 Å². The Hall–Kier alpha value is -2.57. The Bertz CT molecular complexity index is 769. The van der Waals surface area contributed by atoms with Gasteiger partial charge in [-0.2, -0.15) is 0 Å². The van der Waals surface area contributed by atoms with Crippen molar-refractivity contribution in [1.29, 1.82) is 0 Å². The summed E-state index contributed by atoms with van der Waals surface area (Å²) in [5, 5.41) is 0. The van der Waals surface area contributed by atoms with E-state index in [9.17, 15) is 14.4 Å². The average molecular weight is 317 g/mol. The van der Waals surface area contributed by atoms with E-state index in [4.69, 9.17) is 4.42 Å². The van der Waals surface area contributed by atoms with Crippen molar-refractivity contribution in [2.45, 2.75) is 44.7 Å². The Balaban J connectivity index is 1.89. The fourth-order valence-electron chi connectivity index (χ4n) is 3.05. The fourth-order valence-corrected chi connectivity index (χ4v) is 3.05. The maximum atomic E-state index is 12.8. The summed E-state index contributed by atoms with van der Waals surface area (Å²) in [5.41, 5.74) is -0.179. The molecule has 1 saturated carbocycles. The lowest BCUT2D eigenvalue weighted by Gasteiger charge is -2.34. The molecule has 2 heterocycles. The molecule has 0 bridgehead atoms. The third-order valence-corrected chi connectivity index (χ3v) is 4.28. The third-order valence-electron chi connectivity index (χ3n) is 4.28. The first-order valence-corrected chi connectivity index (χ1v) is 7.79. The second-order valence-electron chi connectivity index (χ2n) is 5.83. The minimum Gasteiger partial charge on any atom is -0.472 e. The van der Waals surface area contributed by atoms with Crippen LogP contribution in [0.5, 0.6) is 0 Å². The van der Waals surface area contributed by atoms with Crippen LogP contribution in [0.2, 0.25) is 0 Å². The lowest BCUT2D eigenvalue weighted by Crippen LogP contribution is -2.42. The highest BCUT2D eigenvalue weighted by atomic mass is 16.3. The van der Waals surface area contributed by atoms with E-state index in [-0.39, 0.29) is 18.5 Å². The summed E-state index contributed by atoms with van der Waals surface area (Å²) < 4.78 is 5.00. The number of H-pyrrole nitrogens is 2. The molecule has 0 aliphatic heterocycles. The highest BCUT2D eigenvalue weighted by molar-refractivity contribution is 5.94. The number of carbonyl (C=O) groups is 1. The zero-order valence-electron chi connectivity index (χ0n) is 12.7. The van der Waals surface area contributed by atoms with Crippen LogP contribution < -0.4 is 11.2 Å². The van der Waals surface area contributed by atoms with Crippen LogP contribution in [0.4, 0.5) is 0 Å². The molecule has 1 amide bonds. The molecule has 1 fully saturated rings. The van der Waals surface area contributed by atoms with Crippen LogP contribution in [0.15, 0.2) is 38.8 Å². The molecule has 0 aromatic carbocycles. The van der Waals surface area contributed by atoms with Gasteiger partial charge in [0.1, 0.15) is 6.26 Å². The normalized spacial score (nSPS) is 15.5. The molecule has 7 heteroatoms. The molecule has 122 valence electrons. The van der Waals surface area contributed by atoms with Crippen molar-refractivity contribution >= 4 is 5.91 Å². The maximum absolute atomic E-state index is 12.8. The van der Waals surface area contributed by atoms with E-state index in [1.165, 1.54) is 25.1 Å². The van der Waals surface area contributed by atoms with Gasteiger partial charge in [0.2, 0.25) is 0 Å². The number of hydrogen-bond acceptors (Lipinski definition) is 4. The lowest BCUT2D eigenvalue weighted by atomic mass is 9.93. The van der Waals surface area contributed by atoms with Gasteiger partial charge in [-0.25, -0.2) is 4.79 Å². The topological polar surface area (TPSA) is 99.2 Å². The molecule has 1 aliphatic carbocycles. The third kappa shape index (κ3) is 3.44. The van der Waals surface area contributed by atoms with Crippen LogP contribution in [-0.4, -0.2) is 26.8 Å². The molecule has 0 saturated heterocycles. The molecule has 7 nitrogen and oxygen atoms in total. The van der Waals surface area contributed by atoms with Crippen LogP contribution in [0.25, 0.3) is 0 Å². The van der Waals surface area contributed by atoms with Crippen molar-refractivity contribution in [3.8, 4) is 0 Å². The smallest absolute Gasteiger partial charge is 0.325 e. The van der Waals surface area contributed by atoms with E-state index in [1.54, 1.807) is 11.0 Å². The number of rotatable bonds is 4. The predicted molar refractivity (Wildman–Crippen MR) is 83.1 cm³/mol. The Morgan fingerprint density at radius 3 is 2.70 bits per heavy atom. The SMILES string of the molecule is O=C(c1ccoc1)N(Cc1c[nH]c(=O)[nH]c1=O)C1CCCCC1. The molecular formula is C16H19N3O4. The molecule has 0 atom stereocenters. The number of aromatic nitrogens is 2. The first-order valence-electron chi connectivity index (χ1n) is 7.79. The molecule has 2 aromatic rings. The minimum atomic E-state index is -0.552. The molecule has 0 spiro atoms. The van der Waals surface area contributed by atoms with Crippen molar-refractivity contribution in [2.75, 3.05) is 0 Å². The maximum Gasteiger partial charge on any atom is 0.325 e. The number of aromatic amines is 2. The average Bonchev–Trinajstić information content (AvgIpc) is 3.09. The number of hydrogen-bond donors (Lipinski definition) is 2.